The predicted octanol–water partition coefficient (Wildman–Crippen LogP) is 5.59. The second-order valence-corrected chi connectivity index (χ2v) is 12.8. The largest absolute Gasteiger partial charge is 0.494 e. The fourth-order valence-corrected chi connectivity index (χ4v) is 6.79. The summed E-state index contributed by atoms with van der Waals surface area (Å²) in [5.74, 6) is 1.59. The first-order valence-electron chi connectivity index (χ1n) is 14.2. The van der Waals surface area contributed by atoms with Gasteiger partial charge in [-0.3, -0.25) is 0 Å². The molecule has 0 saturated carbocycles. The van der Waals surface area contributed by atoms with Crippen LogP contribution in [0, 0.1) is 0 Å². The molecule has 0 amide bonds. The molecule has 0 bridgehead atoms. The van der Waals surface area contributed by atoms with Gasteiger partial charge in [0.25, 0.3) is 0 Å². The summed E-state index contributed by atoms with van der Waals surface area (Å²) in [4.78, 5) is 14.8. The van der Waals surface area contributed by atoms with Crippen LogP contribution in [0.2, 0.25) is 0 Å². The molecule has 2 aliphatic rings. The zero-order chi connectivity index (χ0) is 28.4. The zero-order valence-corrected chi connectivity index (χ0v) is 24.3. The van der Waals surface area contributed by atoms with E-state index in [1.165, 1.54) is 45.0 Å². The number of hydrogen-bond acceptors (Lipinski definition) is 9. The molecule has 3 aromatic carbocycles. The average Bonchev–Trinajstić information content (AvgIpc) is 3.53. The van der Waals surface area contributed by atoms with E-state index in [4.69, 9.17) is 14.7 Å². The van der Waals surface area contributed by atoms with Gasteiger partial charge in [0.2, 0.25) is 5.95 Å². The Bertz CT molecular complexity index is 1650. The fourth-order valence-electron chi connectivity index (χ4n) is 5.94. The number of hydrogen-bond donors (Lipinski definition) is 2. The van der Waals surface area contributed by atoms with Crippen molar-refractivity contribution in [1.29, 1.82) is 0 Å². The van der Waals surface area contributed by atoms with Crippen LogP contribution in [-0.4, -0.2) is 68.9 Å². The van der Waals surface area contributed by atoms with Crippen molar-refractivity contribution in [3.05, 3.63) is 66.7 Å². The molecule has 9 nitrogen and oxygen atoms in total. The van der Waals surface area contributed by atoms with Crippen molar-refractivity contribution in [2.24, 2.45) is 0 Å². The first kappa shape index (κ1) is 27.3. The van der Waals surface area contributed by atoms with E-state index in [-0.39, 0.29) is 4.90 Å². The number of anilines is 5. The Hall–Kier alpha value is -3.89. The minimum atomic E-state index is -3.44. The Morgan fingerprint density at radius 1 is 0.854 bits per heavy atom. The van der Waals surface area contributed by atoms with Gasteiger partial charge in [-0.15, -0.1) is 0 Å². The third-order valence-electron chi connectivity index (χ3n) is 8.06. The summed E-state index contributed by atoms with van der Waals surface area (Å²) in [5.41, 5.74) is 3.08. The van der Waals surface area contributed by atoms with Crippen LogP contribution < -0.4 is 20.3 Å². The van der Waals surface area contributed by atoms with Crippen molar-refractivity contribution in [1.82, 2.24) is 14.9 Å². The number of piperidine rings is 1. The molecule has 41 heavy (non-hydrogen) atoms. The second kappa shape index (κ2) is 11.5. The zero-order valence-electron chi connectivity index (χ0n) is 23.5. The van der Waals surface area contributed by atoms with E-state index < -0.39 is 9.84 Å². The molecule has 0 atom stereocenters. The maximum atomic E-state index is 12.4. The Morgan fingerprint density at radius 2 is 1.59 bits per heavy atom. The molecule has 0 aliphatic carbocycles. The molecule has 0 spiro atoms. The molecular formula is C31H36N6O3S. The summed E-state index contributed by atoms with van der Waals surface area (Å²) in [6, 6.07) is 21.3. The van der Waals surface area contributed by atoms with Crippen LogP contribution in [0.5, 0.6) is 5.75 Å². The van der Waals surface area contributed by atoms with E-state index in [1.807, 2.05) is 30.3 Å². The third kappa shape index (κ3) is 5.94. The maximum absolute atomic E-state index is 12.4. The molecule has 2 fully saturated rings. The van der Waals surface area contributed by atoms with E-state index in [0.717, 1.165) is 35.4 Å². The molecule has 2 N–H and O–H groups in total. The summed E-state index contributed by atoms with van der Waals surface area (Å²) >= 11 is 0. The van der Waals surface area contributed by atoms with Gasteiger partial charge in [-0.2, -0.15) is 4.98 Å². The third-order valence-corrected chi connectivity index (χ3v) is 9.22. The molecule has 2 aliphatic heterocycles. The van der Waals surface area contributed by atoms with Crippen molar-refractivity contribution in [3.8, 4) is 5.75 Å². The van der Waals surface area contributed by atoms with Crippen LogP contribution in [0.1, 0.15) is 25.7 Å². The Balaban J connectivity index is 1.25. The quantitative estimate of drug-likeness (QED) is 0.280. The van der Waals surface area contributed by atoms with Crippen LogP contribution in [0.25, 0.3) is 10.9 Å². The minimum absolute atomic E-state index is 0.207. The number of rotatable bonds is 8. The summed E-state index contributed by atoms with van der Waals surface area (Å²) < 4.78 is 30.6. The number of sulfone groups is 1. The van der Waals surface area contributed by atoms with Crippen molar-refractivity contribution in [3.63, 3.8) is 0 Å². The molecule has 0 unspecified atom stereocenters. The highest BCUT2D eigenvalue weighted by Crippen LogP contribution is 2.35. The van der Waals surface area contributed by atoms with Crippen LogP contribution in [0.3, 0.4) is 0 Å². The van der Waals surface area contributed by atoms with E-state index in [9.17, 15) is 8.42 Å². The summed E-state index contributed by atoms with van der Waals surface area (Å²) in [5, 5.41) is 7.35. The standard InChI is InChI=1S/C31H36N6O3S/c1-40-28-21-23(37-19-15-22(16-20-37)36-17-7-8-18-36)13-14-26(28)34-31-33-25-10-4-3-9-24(25)30(35-31)32-27-11-5-6-12-29(27)41(2,38)39/h3-6,9-14,21-22H,7-8,15-20H2,1-2H3,(H2,32,33,34,35). The Kier molecular flexibility index (Phi) is 7.68. The number of benzene rings is 3. The fraction of sp³-hybridized carbons (Fsp3) is 0.355. The number of nitrogens with one attached hydrogen (secondary N) is 2. The number of methoxy groups -OCH3 is 1. The minimum Gasteiger partial charge on any atom is -0.494 e. The molecule has 4 aromatic rings. The van der Waals surface area contributed by atoms with Gasteiger partial charge < -0.3 is 25.2 Å². The lowest BCUT2D eigenvalue weighted by Crippen LogP contribution is -2.43. The number of likely N-dealkylation sites (tertiary alicyclic amines) is 1. The van der Waals surface area contributed by atoms with Gasteiger partial charge in [0.05, 0.1) is 28.9 Å². The second-order valence-electron chi connectivity index (χ2n) is 10.8. The van der Waals surface area contributed by atoms with Gasteiger partial charge >= 0.3 is 0 Å². The number of ether oxygens (including phenoxy) is 1. The van der Waals surface area contributed by atoms with E-state index >= 15 is 0 Å². The van der Waals surface area contributed by atoms with Gasteiger partial charge in [0.1, 0.15) is 11.6 Å². The van der Waals surface area contributed by atoms with Crippen LogP contribution in [0.15, 0.2) is 71.6 Å². The lowest BCUT2D eigenvalue weighted by Gasteiger charge is -2.38. The molecule has 2 saturated heterocycles. The summed E-state index contributed by atoms with van der Waals surface area (Å²) in [6.45, 7) is 4.57. The van der Waals surface area contributed by atoms with Gasteiger partial charge in [-0.1, -0.05) is 24.3 Å². The number of para-hydroxylation sites is 2. The van der Waals surface area contributed by atoms with E-state index in [2.05, 4.69) is 32.6 Å². The lowest BCUT2D eigenvalue weighted by molar-refractivity contribution is 0.208. The highest BCUT2D eigenvalue weighted by molar-refractivity contribution is 7.90. The highest BCUT2D eigenvalue weighted by atomic mass is 32.2. The molecule has 3 heterocycles. The maximum Gasteiger partial charge on any atom is 0.229 e. The van der Waals surface area contributed by atoms with E-state index in [0.29, 0.717) is 29.2 Å². The van der Waals surface area contributed by atoms with Crippen LogP contribution in [0.4, 0.5) is 28.8 Å². The summed E-state index contributed by atoms with van der Waals surface area (Å²) in [7, 11) is -1.77. The average molecular weight is 573 g/mol. The topological polar surface area (TPSA) is 99.7 Å². The number of aromatic nitrogens is 2. The number of fused-ring (bicyclic) bond motifs is 1. The SMILES string of the molecule is COc1cc(N2CCC(N3CCCC3)CC2)ccc1Nc1nc(Nc2ccccc2S(C)(=O)=O)c2ccccc2n1. The monoisotopic (exact) mass is 572 g/mol. The van der Waals surface area contributed by atoms with Gasteiger partial charge in [-0.25, -0.2) is 13.4 Å². The smallest absolute Gasteiger partial charge is 0.229 e. The molecular weight excluding hydrogens is 536 g/mol. The normalized spacial score (nSPS) is 16.7. The van der Waals surface area contributed by atoms with Crippen molar-refractivity contribution in [2.75, 3.05) is 55.1 Å². The molecule has 214 valence electrons. The van der Waals surface area contributed by atoms with Crippen LogP contribution in [-0.2, 0) is 9.84 Å². The first-order valence-corrected chi connectivity index (χ1v) is 16.0. The van der Waals surface area contributed by atoms with Gasteiger partial charge in [0, 0.05) is 42.5 Å². The molecule has 1 aromatic heterocycles. The molecule has 0 radical (unpaired) electrons. The first-order chi connectivity index (χ1) is 19.9. The predicted molar refractivity (Wildman–Crippen MR) is 165 cm³/mol. The van der Waals surface area contributed by atoms with Crippen molar-refractivity contribution >= 4 is 49.6 Å². The van der Waals surface area contributed by atoms with E-state index in [1.54, 1.807) is 31.4 Å². The Morgan fingerprint density at radius 3 is 2.34 bits per heavy atom. The van der Waals surface area contributed by atoms with Crippen molar-refractivity contribution < 1.29 is 13.2 Å². The highest BCUT2D eigenvalue weighted by Gasteiger charge is 2.27. The molecule has 10 heteroatoms. The van der Waals surface area contributed by atoms with Crippen molar-refractivity contribution in [2.45, 2.75) is 36.6 Å². The van der Waals surface area contributed by atoms with Gasteiger partial charge in [-0.05, 0) is 75.2 Å². The van der Waals surface area contributed by atoms with Crippen LogP contribution >= 0.6 is 0 Å². The van der Waals surface area contributed by atoms with Gasteiger partial charge in [0.15, 0.2) is 9.84 Å². The lowest BCUT2D eigenvalue weighted by atomic mass is 10.0. The summed E-state index contributed by atoms with van der Waals surface area (Å²) in [6.07, 6.45) is 6.23. The molecule has 6 rings (SSSR count). The Labute approximate surface area is 241 Å². The number of nitrogens with zero attached hydrogens (tertiary/aromatic N) is 4.